The third kappa shape index (κ3) is 5.34. The van der Waals surface area contributed by atoms with Gasteiger partial charge < -0.3 is 21.1 Å². The van der Waals surface area contributed by atoms with Crippen LogP contribution in [-0.2, 0) is 22.6 Å². The quantitative estimate of drug-likeness (QED) is 0.240. The molecule has 0 fully saturated rings. The van der Waals surface area contributed by atoms with Gasteiger partial charge in [0, 0.05) is 12.5 Å². The van der Waals surface area contributed by atoms with Crippen LogP contribution in [0.4, 0.5) is 5.95 Å². The first-order valence-electron chi connectivity index (χ1n) is 9.44. The molecule has 0 radical (unpaired) electrons. The normalized spacial score (nSPS) is 12.1. The lowest BCUT2D eigenvalue weighted by molar-refractivity contribution is 0.0601. The Kier molecular flexibility index (Phi) is 7.36. The number of fused-ring (bicyclic) bond motifs is 1. The van der Waals surface area contributed by atoms with Crippen molar-refractivity contribution in [3.63, 3.8) is 0 Å². The molecule has 0 spiro atoms. The lowest BCUT2D eigenvalue weighted by Gasteiger charge is -2.08. The first-order valence-corrected chi connectivity index (χ1v) is 9.44. The third-order valence-electron chi connectivity index (χ3n) is 4.34. The minimum absolute atomic E-state index is 0.157. The van der Waals surface area contributed by atoms with Gasteiger partial charge in [-0.15, -0.1) is 0 Å². The van der Waals surface area contributed by atoms with Crippen molar-refractivity contribution in [1.29, 1.82) is 0 Å². The molecular formula is C21H25N7O2. The molecule has 0 aliphatic heterocycles. The standard InChI is InChI=1S/C21H25N7O2/c1-14-5-3-8-17-19(14)26-21(22)27-20(17)18(28-23)12-24-11-15-6-4-7-16(25-15)13-30-10-9-29-2/h3-8,12H,9-11,13,23H2,1-2H3,(H2,22,26,27). The van der Waals surface area contributed by atoms with Crippen LogP contribution in [-0.4, -0.2) is 47.2 Å². The maximum absolute atomic E-state index is 5.89. The number of benzene rings is 1. The molecule has 3 rings (SSSR count). The first kappa shape index (κ1) is 21.3. The Bertz CT molecular complexity index is 1070. The summed E-state index contributed by atoms with van der Waals surface area (Å²) in [6.07, 6.45) is 1.58. The molecule has 9 nitrogen and oxygen atoms in total. The van der Waals surface area contributed by atoms with E-state index >= 15 is 0 Å². The molecule has 2 aromatic heterocycles. The fraction of sp³-hybridized carbons (Fsp3) is 0.286. The van der Waals surface area contributed by atoms with Crippen LogP contribution in [0.1, 0.15) is 22.6 Å². The number of nitrogens with two attached hydrogens (primary N) is 2. The number of pyridine rings is 1. The van der Waals surface area contributed by atoms with E-state index in [-0.39, 0.29) is 5.95 Å². The summed E-state index contributed by atoms with van der Waals surface area (Å²) in [5, 5.41) is 4.67. The summed E-state index contributed by atoms with van der Waals surface area (Å²) in [5.41, 5.74) is 10.2. The topological polar surface area (TPSA) is 134 Å². The number of para-hydroxylation sites is 1. The molecule has 0 atom stereocenters. The molecule has 0 saturated heterocycles. The highest BCUT2D eigenvalue weighted by Gasteiger charge is 2.12. The summed E-state index contributed by atoms with van der Waals surface area (Å²) in [5.74, 6) is 5.78. The molecule has 3 aromatic rings. The van der Waals surface area contributed by atoms with Gasteiger partial charge in [0.2, 0.25) is 5.95 Å². The highest BCUT2D eigenvalue weighted by molar-refractivity contribution is 6.40. The van der Waals surface area contributed by atoms with Crippen LogP contribution in [0.25, 0.3) is 10.9 Å². The van der Waals surface area contributed by atoms with E-state index in [0.29, 0.717) is 37.8 Å². The van der Waals surface area contributed by atoms with Gasteiger partial charge >= 0.3 is 0 Å². The summed E-state index contributed by atoms with van der Waals surface area (Å²) >= 11 is 0. The van der Waals surface area contributed by atoms with Gasteiger partial charge in [-0.1, -0.05) is 24.3 Å². The minimum Gasteiger partial charge on any atom is -0.382 e. The molecule has 0 unspecified atom stereocenters. The number of methoxy groups -OCH3 is 1. The van der Waals surface area contributed by atoms with Crippen molar-refractivity contribution in [1.82, 2.24) is 15.0 Å². The number of aryl methyl sites for hydroxylation is 1. The van der Waals surface area contributed by atoms with Crippen molar-refractivity contribution in [2.45, 2.75) is 20.1 Å². The maximum Gasteiger partial charge on any atom is 0.221 e. The molecule has 9 heteroatoms. The molecule has 0 aliphatic rings. The molecule has 0 amide bonds. The number of aliphatic imine (C=N–C) groups is 1. The smallest absolute Gasteiger partial charge is 0.221 e. The molecule has 156 valence electrons. The monoisotopic (exact) mass is 407 g/mol. The first-order chi connectivity index (χ1) is 14.6. The second-order valence-corrected chi connectivity index (χ2v) is 6.55. The summed E-state index contributed by atoms with van der Waals surface area (Å²) in [6.45, 7) is 3.81. The van der Waals surface area contributed by atoms with Gasteiger partial charge in [-0.05, 0) is 24.6 Å². The van der Waals surface area contributed by atoms with Crippen molar-refractivity contribution in [2.24, 2.45) is 15.9 Å². The van der Waals surface area contributed by atoms with E-state index in [2.05, 4.69) is 25.0 Å². The summed E-state index contributed by atoms with van der Waals surface area (Å²) in [7, 11) is 1.64. The van der Waals surface area contributed by atoms with E-state index < -0.39 is 0 Å². The highest BCUT2D eigenvalue weighted by Crippen LogP contribution is 2.20. The third-order valence-corrected chi connectivity index (χ3v) is 4.34. The zero-order valence-electron chi connectivity index (χ0n) is 17.1. The molecule has 1 aromatic carbocycles. The van der Waals surface area contributed by atoms with E-state index in [1.807, 2.05) is 43.3 Å². The van der Waals surface area contributed by atoms with Crippen molar-refractivity contribution < 1.29 is 9.47 Å². The van der Waals surface area contributed by atoms with Crippen LogP contribution in [0, 0.1) is 6.92 Å². The molecule has 2 heterocycles. The van der Waals surface area contributed by atoms with Crippen LogP contribution < -0.4 is 11.6 Å². The number of ether oxygens (including phenoxy) is 2. The highest BCUT2D eigenvalue weighted by atomic mass is 16.5. The number of nitrogen functional groups attached to an aromatic ring is 1. The Morgan fingerprint density at radius 3 is 2.67 bits per heavy atom. The van der Waals surface area contributed by atoms with E-state index in [0.717, 1.165) is 27.9 Å². The second kappa shape index (κ2) is 10.4. The van der Waals surface area contributed by atoms with Crippen LogP contribution in [0.3, 0.4) is 0 Å². The van der Waals surface area contributed by atoms with Crippen LogP contribution >= 0.6 is 0 Å². The van der Waals surface area contributed by atoms with Crippen LogP contribution in [0.15, 0.2) is 46.5 Å². The SMILES string of the molecule is COCCOCc1cccc(CN=CC(=NN)c2nc(N)nc3c(C)cccc23)n1. The molecule has 0 bridgehead atoms. The molecular weight excluding hydrogens is 382 g/mol. The fourth-order valence-corrected chi connectivity index (χ4v) is 2.91. The average Bonchev–Trinajstić information content (AvgIpc) is 2.75. The average molecular weight is 407 g/mol. The van der Waals surface area contributed by atoms with Gasteiger partial charge in [-0.3, -0.25) is 9.98 Å². The number of hydrogen-bond acceptors (Lipinski definition) is 9. The molecule has 30 heavy (non-hydrogen) atoms. The van der Waals surface area contributed by atoms with Gasteiger partial charge in [-0.25, -0.2) is 9.97 Å². The number of hydrazone groups is 1. The second-order valence-electron chi connectivity index (χ2n) is 6.55. The number of aromatic nitrogens is 3. The fourth-order valence-electron chi connectivity index (χ4n) is 2.91. The molecule has 0 saturated carbocycles. The van der Waals surface area contributed by atoms with Gasteiger partial charge in [0.15, 0.2) is 0 Å². The van der Waals surface area contributed by atoms with E-state index in [1.165, 1.54) is 0 Å². The summed E-state index contributed by atoms with van der Waals surface area (Å²) in [6, 6.07) is 11.5. The Balaban J connectivity index is 1.75. The van der Waals surface area contributed by atoms with Gasteiger partial charge in [0.05, 0.1) is 49.5 Å². The number of anilines is 1. The molecule has 0 aliphatic carbocycles. The van der Waals surface area contributed by atoms with Gasteiger partial charge in [-0.2, -0.15) is 5.10 Å². The van der Waals surface area contributed by atoms with Crippen molar-refractivity contribution >= 4 is 28.8 Å². The van der Waals surface area contributed by atoms with Gasteiger partial charge in [0.1, 0.15) is 11.4 Å². The Hall–Kier alpha value is -3.43. The minimum atomic E-state index is 0.157. The van der Waals surface area contributed by atoms with E-state index in [9.17, 15) is 0 Å². The zero-order chi connectivity index (χ0) is 21.3. The van der Waals surface area contributed by atoms with E-state index in [1.54, 1.807) is 13.3 Å². The lowest BCUT2D eigenvalue weighted by Crippen LogP contribution is -2.12. The van der Waals surface area contributed by atoms with Crippen molar-refractivity contribution in [3.05, 3.63) is 59.0 Å². The zero-order valence-corrected chi connectivity index (χ0v) is 17.1. The Labute approximate surface area is 174 Å². The molecule has 4 N–H and O–H groups in total. The maximum atomic E-state index is 5.89. The number of hydrogen-bond donors (Lipinski definition) is 2. The predicted molar refractivity (Wildman–Crippen MR) is 117 cm³/mol. The predicted octanol–water partition coefficient (Wildman–Crippen LogP) is 2.01. The number of nitrogens with zero attached hydrogens (tertiary/aromatic N) is 5. The van der Waals surface area contributed by atoms with Gasteiger partial charge in [0.25, 0.3) is 0 Å². The Morgan fingerprint density at radius 1 is 1.07 bits per heavy atom. The summed E-state index contributed by atoms with van der Waals surface area (Å²) < 4.78 is 10.5. The van der Waals surface area contributed by atoms with Crippen molar-refractivity contribution in [3.8, 4) is 0 Å². The van der Waals surface area contributed by atoms with E-state index in [4.69, 9.17) is 21.1 Å². The lowest BCUT2D eigenvalue weighted by atomic mass is 10.1. The number of rotatable bonds is 9. The van der Waals surface area contributed by atoms with Crippen LogP contribution in [0.2, 0.25) is 0 Å². The van der Waals surface area contributed by atoms with Crippen LogP contribution in [0.5, 0.6) is 0 Å². The van der Waals surface area contributed by atoms with Crippen molar-refractivity contribution in [2.75, 3.05) is 26.1 Å². The summed E-state index contributed by atoms with van der Waals surface area (Å²) in [4.78, 5) is 17.6. The largest absolute Gasteiger partial charge is 0.382 e. The Morgan fingerprint density at radius 2 is 1.87 bits per heavy atom.